The van der Waals surface area contributed by atoms with E-state index in [-0.39, 0.29) is 12.5 Å². The zero-order valence-corrected chi connectivity index (χ0v) is 16.1. The molecule has 0 aliphatic carbocycles. The van der Waals surface area contributed by atoms with Crippen LogP contribution in [-0.4, -0.2) is 39.3 Å². The molecule has 0 atom stereocenters. The van der Waals surface area contributed by atoms with Gasteiger partial charge >= 0.3 is 0 Å². The number of aromatic nitrogens is 4. The minimum atomic E-state index is -0.278. The van der Waals surface area contributed by atoms with Crippen LogP contribution in [0, 0.1) is 6.92 Å². The van der Waals surface area contributed by atoms with E-state index in [2.05, 4.69) is 36.7 Å². The van der Waals surface area contributed by atoms with E-state index < -0.39 is 0 Å². The van der Waals surface area contributed by atoms with Gasteiger partial charge in [0.05, 0.1) is 5.69 Å². The van der Waals surface area contributed by atoms with Crippen molar-refractivity contribution >= 4 is 27.5 Å². The lowest BCUT2D eigenvalue weighted by molar-refractivity contribution is -0.117. The van der Waals surface area contributed by atoms with Gasteiger partial charge < -0.3 is 14.8 Å². The second-order valence-electron chi connectivity index (χ2n) is 6.03. The molecule has 8 nitrogen and oxygen atoms in total. The van der Waals surface area contributed by atoms with E-state index in [0.717, 1.165) is 11.1 Å². The number of hydrogen-bond donors (Lipinski definition) is 1. The number of tetrazole rings is 1. The lowest BCUT2D eigenvalue weighted by Gasteiger charge is -2.20. The number of fused-ring (bicyclic) bond motifs is 1. The number of ether oxygens (including phenoxy) is 2. The first-order chi connectivity index (χ1) is 13.1. The van der Waals surface area contributed by atoms with Crippen molar-refractivity contribution in [3.05, 3.63) is 46.4 Å². The van der Waals surface area contributed by atoms with Crippen molar-refractivity contribution in [2.45, 2.75) is 13.5 Å². The van der Waals surface area contributed by atoms with Crippen LogP contribution in [0.25, 0.3) is 11.4 Å². The van der Waals surface area contributed by atoms with Gasteiger partial charge in [-0.2, -0.15) is 4.80 Å². The van der Waals surface area contributed by atoms with Crippen LogP contribution in [0.4, 0.5) is 5.69 Å². The molecule has 0 spiro atoms. The van der Waals surface area contributed by atoms with Crippen molar-refractivity contribution in [1.29, 1.82) is 0 Å². The van der Waals surface area contributed by atoms with Crippen molar-refractivity contribution in [2.75, 3.05) is 18.5 Å². The summed E-state index contributed by atoms with van der Waals surface area (Å²) in [5.41, 5.74) is 2.58. The predicted molar refractivity (Wildman–Crippen MR) is 102 cm³/mol. The summed E-state index contributed by atoms with van der Waals surface area (Å²) in [5.74, 6) is 1.44. The normalized spacial score (nSPS) is 12.7. The first-order valence-electron chi connectivity index (χ1n) is 8.32. The molecule has 0 saturated heterocycles. The largest absolute Gasteiger partial charge is 0.486 e. The average Bonchev–Trinajstić information content (AvgIpc) is 3.11. The Balaban J connectivity index is 1.45. The molecule has 0 bridgehead atoms. The highest BCUT2D eigenvalue weighted by Gasteiger charge is 2.17. The van der Waals surface area contributed by atoms with E-state index in [9.17, 15) is 4.79 Å². The SMILES string of the molecule is Cc1ccc(-c2nnn(CC(=O)Nc3cc4c(cc3Br)OCCO4)n2)cc1. The number of carbonyl (C=O) groups excluding carboxylic acids is 1. The van der Waals surface area contributed by atoms with E-state index in [1.807, 2.05) is 31.2 Å². The Morgan fingerprint density at radius 2 is 1.89 bits per heavy atom. The first kappa shape index (κ1) is 17.5. The summed E-state index contributed by atoms with van der Waals surface area (Å²) < 4.78 is 11.8. The Hall–Kier alpha value is -2.94. The summed E-state index contributed by atoms with van der Waals surface area (Å²) in [6.07, 6.45) is 0. The molecule has 0 unspecified atom stereocenters. The van der Waals surface area contributed by atoms with Crippen molar-refractivity contribution in [1.82, 2.24) is 20.2 Å². The molecule has 0 fully saturated rings. The van der Waals surface area contributed by atoms with Gasteiger partial charge in [0.2, 0.25) is 11.7 Å². The van der Waals surface area contributed by atoms with Gasteiger partial charge in [0, 0.05) is 22.2 Å². The molecule has 1 aromatic heterocycles. The molecule has 1 amide bonds. The van der Waals surface area contributed by atoms with Crippen LogP contribution in [0.15, 0.2) is 40.9 Å². The molecule has 0 radical (unpaired) electrons. The number of aryl methyl sites for hydroxylation is 1. The maximum atomic E-state index is 12.4. The molecular weight excluding hydrogens is 414 g/mol. The van der Waals surface area contributed by atoms with Crippen molar-refractivity contribution in [3.63, 3.8) is 0 Å². The highest BCUT2D eigenvalue weighted by molar-refractivity contribution is 9.10. The van der Waals surface area contributed by atoms with Crippen LogP contribution in [0.2, 0.25) is 0 Å². The molecule has 9 heteroatoms. The van der Waals surface area contributed by atoms with Crippen LogP contribution >= 0.6 is 15.9 Å². The lowest BCUT2D eigenvalue weighted by atomic mass is 10.1. The number of nitrogens with one attached hydrogen (secondary N) is 1. The number of nitrogens with zero attached hydrogens (tertiary/aromatic N) is 4. The average molecular weight is 430 g/mol. The summed E-state index contributed by atoms with van der Waals surface area (Å²) >= 11 is 3.43. The molecule has 4 rings (SSSR count). The molecule has 1 N–H and O–H groups in total. The number of benzene rings is 2. The van der Waals surface area contributed by atoms with Crippen LogP contribution in [0.1, 0.15) is 5.56 Å². The summed E-state index contributed by atoms with van der Waals surface area (Å²) in [5, 5.41) is 15.0. The number of halogens is 1. The standard InChI is InChI=1S/C18H16BrN5O3/c1-11-2-4-12(5-3-11)18-21-23-24(22-18)10-17(25)20-14-9-16-15(8-13(14)19)26-6-7-27-16/h2-5,8-9H,6-7,10H2,1H3,(H,20,25). The highest BCUT2D eigenvalue weighted by Crippen LogP contribution is 2.38. The second kappa shape index (κ2) is 7.36. The molecular formula is C18H16BrN5O3. The fraction of sp³-hybridized carbons (Fsp3) is 0.222. The third-order valence-electron chi connectivity index (χ3n) is 3.95. The highest BCUT2D eigenvalue weighted by atomic mass is 79.9. The third-order valence-corrected chi connectivity index (χ3v) is 4.61. The van der Waals surface area contributed by atoms with Crippen molar-refractivity contribution in [3.8, 4) is 22.9 Å². The summed E-state index contributed by atoms with van der Waals surface area (Å²) in [6.45, 7) is 2.94. The fourth-order valence-electron chi connectivity index (χ4n) is 2.61. The van der Waals surface area contributed by atoms with Gasteiger partial charge in [0.1, 0.15) is 19.8 Å². The van der Waals surface area contributed by atoms with Gasteiger partial charge in [0.25, 0.3) is 0 Å². The quantitative estimate of drug-likeness (QED) is 0.685. The van der Waals surface area contributed by atoms with E-state index in [1.54, 1.807) is 12.1 Å². The maximum absolute atomic E-state index is 12.4. The van der Waals surface area contributed by atoms with Gasteiger partial charge in [-0.3, -0.25) is 4.79 Å². The molecule has 138 valence electrons. The zero-order chi connectivity index (χ0) is 18.8. The van der Waals surface area contributed by atoms with Crippen LogP contribution in [0.5, 0.6) is 11.5 Å². The van der Waals surface area contributed by atoms with Crippen molar-refractivity contribution < 1.29 is 14.3 Å². The van der Waals surface area contributed by atoms with E-state index in [1.165, 1.54) is 4.80 Å². The van der Waals surface area contributed by atoms with Gasteiger partial charge in [-0.15, -0.1) is 10.2 Å². The predicted octanol–water partition coefficient (Wildman–Crippen LogP) is 2.82. The summed E-state index contributed by atoms with van der Waals surface area (Å²) in [7, 11) is 0. The lowest BCUT2D eigenvalue weighted by Crippen LogP contribution is -2.21. The third kappa shape index (κ3) is 3.92. The van der Waals surface area contributed by atoms with Gasteiger partial charge in [-0.25, -0.2) is 0 Å². The second-order valence-corrected chi connectivity index (χ2v) is 6.89. The van der Waals surface area contributed by atoms with Crippen LogP contribution < -0.4 is 14.8 Å². The maximum Gasteiger partial charge on any atom is 0.248 e. The first-order valence-corrected chi connectivity index (χ1v) is 9.11. The van der Waals surface area contributed by atoms with Crippen molar-refractivity contribution in [2.24, 2.45) is 0 Å². The van der Waals surface area contributed by atoms with Gasteiger partial charge in [-0.1, -0.05) is 29.8 Å². The Morgan fingerprint density at radius 3 is 2.63 bits per heavy atom. The van der Waals surface area contributed by atoms with Crippen LogP contribution in [-0.2, 0) is 11.3 Å². The van der Waals surface area contributed by atoms with E-state index in [4.69, 9.17) is 9.47 Å². The molecule has 3 aromatic rings. The Morgan fingerprint density at radius 1 is 1.19 bits per heavy atom. The van der Waals surface area contributed by atoms with E-state index in [0.29, 0.717) is 40.7 Å². The number of carbonyl (C=O) groups is 1. The molecule has 27 heavy (non-hydrogen) atoms. The van der Waals surface area contributed by atoms with Gasteiger partial charge in [-0.05, 0) is 28.1 Å². The Bertz CT molecular complexity index is 987. The molecule has 0 saturated carbocycles. The molecule has 1 aliphatic heterocycles. The number of rotatable bonds is 4. The monoisotopic (exact) mass is 429 g/mol. The fourth-order valence-corrected chi connectivity index (χ4v) is 3.03. The topological polar surface area (TPSA) is 91.2 Å². The van der Waals surface area contributed by atoms with Gasteiger partial charge in [0.15, 0.2) is 11.5 Å². The van der Waals surface area contributed by atoms with E-state index >= 15 is 0 Å². The molecule has 2 heterocycles. The Kier molecular flexibility index (Phi) is 4.76. The van der Waals surface area contributed by atoms with Crippen LogP contribution in [0.3, 0.4) is 0 Å². The number of amides is 1. The minimum Gasteiger partial charge on any atom is -0.486 e. The minimum absolute atomic E-state index is 0.0558. The Labute approximate surface area is 163 Å². The summed E-state index contributed by atoms with van der Waals surface area (Å²) in [6, 6.07) is 11.3. The number of hydrogen-bond acceptors (Lipinski definition) is 6. The molecule has 1 aliphatic rings. The molecule has 2 aromatic carbocycles. The smallest absolute Gasteiger partial charge is 0.248 e. The summed E-state index contributed by atoms with van der Waals surface area (Å²) in [4.78, 5) is 13.6. The number of anilines is 1. The zero-order valence-electron chi connectivity index (χ0n) is 14.5.